The molecule has 2 rings (SSSR count). The van der Waals surface area contributed by atoms with Crippen LogP contribution >= 0.6 is 0 Å². The second-order valence-electron chi connectivity index (χ2n) is 4.59. The largest absolute Gasteiger partial charge is 0.497 e. The van der Waals surface area contributed by atoms with Crippen LogP contribution in [-0.4, -0.2) is 25.5 Å². The minimum Gasteiger partial charge on any atom is -0.497 e. The molecule has 1 atom stereocenters. The van der Waals surface area contributed by atoms with E-state index in [1.54, 1.807) is 14.0 Å². The average molecular weight is 233 g/mol. The molecule has 0 saturated carbocycles. The first-order valence-electron chi connectivity index (χ1n) is 6.11. The number of ether oxygens (including phenoxy) is 1. The fourth-order valence-corrected chi connectivity index (χ4v) is 2.49. The SMILES string of the molecule is COc1ccc(N2CCCC2CC(C)=O)cc1. The van der Waals surface area contributed by atoms with Crippen molar-refractivity contribution in [1.82, 2.24) is 0 Å². The van der Waals surface area contributed by atoms with E-state index in [2.05, 4.69) is 17.0 Å². The summed E-state index contributed by atoms with van der Waals surface area (Å²) in [5, 5.41) is 0. The van der Waals surface area contributed by atoms with Crippen LogP contribution in [0.1, 0.15) is 26.2 Å². The van der Waals surface area contributed by atoms with Crippen LogP contribution < -0.4 is 9.64 Å². The Balaban J connectivity index is 2.11. The van der Waals surface area contributed by atoms with E-state index in [1.165, 1.54) is 12.1 Å². The summed E-state index contributed by atoms with van der Waals surface area (Å²) < 4.78 is 5.15. The van der Waals surface area contributed by atoms with Gasteiger partial charge in [-0.2, -0.15) is 0 Å². The van der Waals surface area contributed by atoms with E-state index in [4.69, 9.17) is 4.74 Å². The van der Waals surface area contributed by atoms with E-state index in [-0.39, 0.29) is 5.78 Å². The van der Waals surface area contributed by atoms with Gasteiger partial charge in [-0.15, -0.1) is 0 Å². The van der Waals surface area contributed by atoms with Gasteiger partial charge in [0.1, 0.15) is 11.5 Å². The Morgan fingerprint density at radius 2 is 2.12 bits per heavy atom. The summed E-state index contributed by atoms with van der Waals surface area (Å²) in [5.74, 6) is 1.14. The molecule has 0 aromatic heterocycles. The van der Waals surface area contributed by atoms with Gasteiger partial charge in [0, 0.05) is 24.7 Å². The molecule has 0 amide bonds. The van der Waals surface area contributed by atoms with Crippen molar-refractivity contribution in [2.45, 2.75) is 32.2 Å². The third-order valence-corrected chi connectivity index (χ3v) is 3.30. The molecule has 1 heterocycles. The van der Waals surface area contributed by atoms with Crippen molar-refractivity contribution in [2.24, 2.45) is 0 Å². The molecule has 3 heteroatoms. The second-order valence-corrected chi connectivity index (χ2v) is 4.59. The number of Topliss-reactive ketones (excluding diaryl/α,β-unsaturated/α-hetero) is 1. The van der Waals surface area contributed by atoms with E-state index in [0.29, 0.717) is 12.5 Å². The summed E-state index contributed by atoms with van der Waals surface area (Å²) in [4.78, 5) is 13.6. The summed E-state index contributed by atoms with van der Waals surface area (Å²) in [6.07, 6.45) is 2.95. The highest BCUT2D eigenvalue weighted by molar-refractivity contribution is 5.77. The number of hydrogen-bond donors (Lipinski definition) is 0. The van der Waals surface area contributed by atoms with Gasteiger partial charge in [-0.1, -0.05) is 0 Å². The number of benzene rings is 1. The number of hydrogen-bond acceptors (Lipinski definition) is 3. The van der Waals surface area contributed by atoms with E-state index in [0.717, 1.165) is 18.7 Å². The number of nitrogens with zero attached hydrogens (tertiary/aromatic N) is 1. The van der Waals surface area contributed by atoms with Crippen LogP contribution in [0.3, 0.4) is 0 Å². The van der Waals surface area contributed by atoms with E-state index in [1.807, 2.05) is 12.1 Å². The fourth-order valence-electron chi connectivity index (χ4n) is 2.49. The maximum atomic E-state index is 11.2. The third-order valence-electron chi connectivity index (χ3n) is 3.30. The molecule has 3 nitrogen and oxygen atoms in total. The Morgan fingerprint density at radius 1 is 1.41 bits per heavy atom. The normalized spacial score (nSPS) is 19.4. The molecule has 1 aliphatic heterocycles. The number of anilines is 1. The molecule has 1 fully saturated rings. The summed E-state index contributed by atoms with van der Waals surface area (Å²) in [6, 6.07) is 8.45. The first-order chi connectivity index (χ1) is 8.20. The average Bonchev–Trinajstić information content (AvgIpc) is 2.76. The number of carbonyl (C=O) groups excluding carboxylic acids is 1. The first kappa shape index (κ1) is 12.0. The Labute approximate surface area is 102 Å². The Bertz CT molecular complexity index is 386. The predicted octanol–water partition coefficient (Wildman–Crippen LogP) is 2.64. The lowest BCUT2D eigenvalue weighted by Gasteiger charge is -2.26. The van der Waals surface area contributed by atoms with Crippen molar-refractivity contribution >= 4 is 11.5 Å². The van der Waals surface area contributed by atoms with Crippen molar-refractivity contribution in [3.8, 4) is 5.75 Å². The maximum absolute atomic E-state index is 11.2. The molecule has 1 aromatic rings. The first-order valence-corrected chi connectivity index (χ1v) is 6.11. The highest BCUT2D eigenvalue weighted by Crippen LogP contribution is 2.28. The topological polar surface area (TPSA) is 29.5 Å². The van der Waals surface area contributed by atoms with Crippen LogP contribution in [0.15, 0.2) is 24.3 Å². The molecule has 1 unspecified atom stereocenters. The summed E-state index contributed by atoms with van der Waals surface area (Å²) in [5.41, 5.74) is 1.19. The van der Waals surface area contributed by atoms with Crippen LogP contribution in [-0.2, 0) is 4.79 Å². The Morgan fingerprint density at radius 3 is 2.71 bits per heavy atom. The minimum atomic E-state index is 0.274. The zero-order valence-corrected chi connectivity index (χ0v) is 10.5. The van der Waals surface area contributed by atoms with Crippen LogP contribution in [0, 0.1) is 0 Å². The zero-order valence-electron chi connectivity index (χ0n) is 10.5. The minimum absolute atomic E-state index is 0.274. The number of ketones is 1. The Hall–Kier alpha value is -1.51. The molecule has 0 radical (unpaired) electrons. The monoisotopic (exact) mass is 233 g/mol. The van der Waals surface area contributed by atoms with Gasteiger partial charge in [-0.25, -0.2) is 0 Å². The Kier molecular flexibility index (Phi) is 3.67. The standard InChI is InChI=1S/C14H19NO2/c1-11(16)10-13-4-3-9-15(13)12-5-7-14(17-2)8-6-12/h5-8,13H,3-4,9-10H2,1-2H3. The molecule has 17 heavy (non-hydrogen) atoms. The van der Waals surface area contributed by atoms with Gasteiger partial charge in [0.15, 0.2) is 0 Å². The van der Waals surface area contributed by atoms with Gasteiger partial charge >= 0.3 is 0 Å². The number of carbonyl (C=O) groups is 1. The fraction of sp³-hybridized carbons (Fsp3) is 0.500. The van der Waals surface area contributed by atoms with Crippen LogP contribution in [0.5, 0.6) is 5.75 Å². The maximum Gasteiger partial charge on any atom is 0.131 e. The lowest BCUT2D eigenvalue weighted by atomic mass is 10.1. The zero-order chi connectivity index (χ0) is 12.3. The number of rotatable bonds is 4. The molecule has 1 aliphatic rings. The molecule has 92 valence electrons. The van der Waals surface area contributed by atoms with Crippen LogP contribution in [0.4, 0.5) is 5.69 Å². The highest BCUT2D eigenvalue weighted by atomic mass is 16.5. The van der Waals surface area contributed by atoms with Gasteiger partial charge in [-0.3, -0.25) is 4.79 Å². The van der Waals surface area contributed by atoms with Crippen molar-refractivity contribution in [2.75, 3.05) is 18.6 Å². The summed E-state index contributed by atoms with van der Waals surface area (Å²) in [7, 11) is 1.67. The highest BCUT2D eigenvalue weighted by Gasteiger charge is 2.25. The van der Waals surface area contributed by atoms with Gasteiger partial charge in [0.25, 0.3) is 0 Å². The predicted molar refractivity (Wildman–Crippen MR) is 68.7 cm³/mol. The summed E-state index contributed by atoms with van der Waals surface area (Å²) >= 11 is 0. The molecule has 1 saturated heterocycles. The quantitative estimate of drug-likeness (QED) is 0.800. The van der Waals surface area contributed by atoms with E-state index < -0.39 is 0 Å². The molecule has 1 aromatic carbocycles. The van der Waals surface area contributed by atoms with Gasteiger partial charge in [0.05, 0.1) is 7.11 Å². The van der Waals surface area contributed by atoms with Crippen molar-refractivity contribution in [3.63, 3.8) is 0 Å². The molecule has 0 bridgehead atoms. The van der Waals surface area contributed by atoms with Gasteiger partial charge < -0.3 is 9.64 Å². The lowest BCUT2D eigenvalue weighted by Crippen LogP contribution is -2.30. The van der Waals surface area contributed by atoms with E-state index in [9.17, 15) is 4.79 Å². The molecular weight excluding hydrogens is 214 g/mol. The molecule has 0 N–H and O–H groups in total. The molecular formula is C14H19NO2. The van der Waals surface area contributed by atoms with Crippen molar-refractivity contribution in [1.29, 1.82) is 0 Å². The van der Waals surface area contributed by atoms with Gasteiger partial charge in [0.2, 0.25) is 0 Å². The second kappa shape index (κ2) is 5.21. The molecule has 0 spiro atoms. The molecule has 0 aliphatic carbocycles. The lowest BCUT2D eigenvalue weighted by molar-refractivity contribution is -0.117. The summed E-state index contributed by atoms with van der Waals surface area (Å²) in [6.45, 7) is 2.72. The number of methoxy groups -OCH3 is 1. The van der Waals surface area contributed by atoms with Crippen molar-refractivity contribution in [3.05, 3.63) is 24.3 Å². The van der Waals surface area contributed by atoms with Crippen molar-refractivity contribution < 1.29 is 9.53 Å². The third kappa shape index (κ3) is 2.78. The smallest absolute Gasteiger partial charge is 0.131 e. The van der Waals surface area contributed by atoms with Gasteiger partial charge in [-0.05, 0) is 44.0 Å². The van der Waals surface area contributed by atoms with Crippen LogP contribution in [0.25, 0.3) is 0 Å². The van der Waals surface area contributed by atoms with E-state index >= 15 is 0 Å². The van der Waals surface area contributed by atoms with Crippen LogP contribution in [0.2, 0.25) is 0 Å².